The molecule has 5 heteroatoms. The van der Waals surface area contributed by atoms with E-state index >= 15 is 0 Å². The van der Waals surface area contributed by atoms with E-state index in [4.69, 9.17) is 4.74 Å². The molecule has 1 amide bonds. The third kappa shape index (κ3) is 3.74. The van der Waals surface area contributed by atoms with Crippen LogP contribution in [0.25, 0.3) is 0 Å². The number of hydrogen-bond acceptors (Lipinski definition) is 4. The first kappa shape index (κ1) is 15.6. The van der Waals surface area contributed by atoms with Crippen LogP contribution < -0.4 is 0 Å². The third-order valence-corrected chi connectivity index (χ3v) is 4.78. The molecule has 0 aliphatic carbocycles. The van der Waals surface area contributed by atoms with Gasteiger partial charge in [0.15, 0.2) is 5.37 Å². The average molecular weight is 327 g/mol. The Balaban J connectivity index is 1.64. The Morgan fingerprint density at radius 3 is 2.39 bits per heavy atom. The van der Waals surface area contributed by atoms with Gasteiger partial charge in [-0.15, -0.1) is 11.8 Å². The number of esters is 1. The van der Waals surface area contributed by atoms with Crippen LogP contribution >= 0.6 is 11.8 Å². The van der Waals surface area contributed by atoms with E-state index in [-0.39, 0.29) is 18.5 Å². The maximum atomic E-state index is 12.5. The minimum absolute atomic E-state index is 0.128. The van der Waals surface area contributed by atoms with E-state index in [2.05, 4.69) is 0 Å². The van der Waals surface area contributed by atoms with Crippen molar-refractivity contribution >= 4 is 23.6 Å². The number of carbonyl (C=O) groups is 2. The van der Waals surface area contributed by atoms with E-state index in [1.165, 1.54) is 11.8 Å². The van der Waals surface area contributed by atoms with Crippen LogP contribution in [0.2, 0.25) is 0 Å². The van der Waals surface area contributed by atoms with Crippen LogP contribution in [0, 0.1) is 0 Å². The molecule has 0 spiro atoms. The molecule has 2 aromatic rings. The summed E-state index contributed by atoms with van der Waals surface area (Å²) in [5.74, 6) is 0.252. The topological polar surface area (TPSA) is 46.6 Å². The highest BCUT2D eigenvalue weighted by molar-refractivity contribution is 8.00. The van der Waals surface area contributed by atoms with Gasteiger partial charge in [-0.25, -0.2) is 4.79 Å². The zero-order valence-corrected chi connectivity index (χ0v) is 13.4. The predicted octanol–water partition coefficient (Wildman–Crippen LogP) is 2.95. The van der Waals surface area contributed by atoms with Crippen molar-refractivity contribution in [2.24, 2.45) is 0 Å². The second kappa shape index (κ2) is 7.33. The molecule has 2 aromatic carbocycles. The quantitative estimate of drug-likeness (QED) is 0.810. The molecular weight excluding hydrogens is 310 g/mol. The zero-order chi connectivity index (χ0) is 16.1. The fraction of sp³-hybridized carbons (Fsp3) is 0.222. The van der Waals surface area contributed by atoms with E-state index in [1.54, 1.807) is 17.0 Å². The number of ether oxygens (including phenoxy) is 1. The highest BCUT2D eigenvalue weighted by Crippen LogP contribution is 2.27. The largest absolute Gasteiger partial charge is 0.459 e. The summed E-state index contributed by atoms with van der Waals surface area (Å²) < 4.78 is 5.37. The summed E-state index contributed by atoms with van der Waals surface area (Å²) >= 11 is 1.45. The Morgan fingerprint density at radius 2 is 1.70 bits per heavy atom. The Kier molecular flexibility index (Phi) is 4.98. The van der Waals surface area contributed by atoms with Gasteiger partial charge in [0, 0.05) is 17.9 Å². The van der Waals surface area contributed by atoms with Crippen LogP contribution in [0.15, 0.2) is 60.7 Å². The Labute approximate surface area is 139 Å². The van der Waals surface area contributed by atoms with Crippen LogP contribution in [-0.2, 0) is 16.1 Å². The molecule has 1 atom stereocenters. The van der Waals surface area contributed by atoms with Gasteiger partial charge in [0.25, 0.3) is 5.91 Å². The lowest BCUT2D eigenvalue weighted by Crippen LogP contribution is -2.40. The normalized spacial score (nSPS) is 17.0. The molecule has 0 bridgehead atoms. The molecule has 0 saturated carbocycles. The lowest BCUT2D eigenvalue weighted by Gasteiger charge is -2.22. The molecule has 0 aromatic heterocycles. The van der Waals surface area contributed by atoms with Crippen molar-refractivity contribution in [3.63, 3.8) is 0 Å². The van der Waals surface area contributed by atoms with E-state index < -0.39 is 5.37 Å². The molecule has 3 rings (SSSR count). The fourth-order valence-electron chi connectivity index (χ4n) is 2.42. The SMILES string of the molecule is O=C(OCc1ccccc1)C1SCCN1C(=O)c1ccccc1. The standard InChI is InChI=1S/C18H17NO3S/c20-16(15-9-5-2-6-10-15)19-11-12-23-17(19)18(21)22-13-14-7-3-1-4-8-14/h1-10,17H,11-13H2. The number of amides is 1. The average Bonchev–Trinajstić information content (AvgIpc) is 3.10. The van der Waals surface area contributed by atoms with Gasteiger partial charge < -0.3 is 9.64 Å². The van der Waals surface area contributed by atoms with Crippen molar-refractivity contribution in [2.75, 3.05) is 12.3 Å². The summed E-state index contributed by atoms with van der Waals surface area (Å²) in [5, 5.41) is -0.564. The first-order valence-corrected chi connectivity index (χ1v) is 8.49. The fourth-order valence-corrected chi connectivity index (χ4v) is 3.53. The van der Waals surface area contributed by atoms with E-state index in [1.807, 2.05) is 48.5 Å². The van der Waals surface area contributed by atoms with Gasteiger partial charge in [0.2, 0.25) is 0 Å². The molecule has 4 nitrogen and oxygen atoms in total. The summed E-state index contributed by atoms with van der Waals surface area (Å²) in [6.45, 7) is 0.785. The molecule has 0 N–H and O–H groups in total. The molecule has 1 aliphatic heterocycles. The lowest BCUT2D eigenvalue weighted by atomic mass is 10.2. The first-order chi connectivity index (χ1) is 11.3. The van der Waals surface area contributed by atoms with Crippen molar-refractivity contribution in [3.05, 3.63) is 71.8 Å². The lowest BCUT2D eigenvalue weighted by molar-refractivity contribution is -0.146. The predicted molar refractivity (Wildman–Crippen MR) is 90.0 cm³/mol. The smallest absolute Gasteiger partial charge is 0.339 e. The molecule has 1 aliphatic rings. The van der Waals surface area contributed by atoms with Crippen molar-refractivity contribution < 1.29 is 14.3 Å². The van der Waals surface area contributed by atoms with Gasteiger partial charge in [-0.2, -0.15) is 0 Å². The maximum absolute atomic E-state index is 12.5. The minimum atomic E-state index is -0.564. The third-order valence-electron chi connectivity index (χ3n) is 3.60. The van der Waals surface area contributed by atoms with Crippen LogP contribution in [0.1, 0.15) is 15.9 Å². The van der Waals surface area contributed by atoms with Crippen LogP contribution in [0.5, 0.6) is 0 Å². The maximum Gasteiger partial charge on any atom is 0.339 e. The molecule has 1 heterocycles. The van der Waals surface area contributed by atoms with Gasteiger partial charge in [-0.05, 0) is 17.7 Å². The molecule has 1 saturated heterocycles. The number of hydrogen-bond donors (Lipinski definition) is 0. The summed E-state index contributed by atoms with van der Waals surface area (Å²) in [6.07, 6.45) is 0. The van der Waals surface area contributed by atoms with Crippen molar-refractivity contribution in [2.45, 2.75) is 12.0 Å². The van der Waals surface area contributed by atoms with E-state index in [0.717, 1.165) is 11.3 Å². The first-order valence-electron chi connectivity index (χ1n) is 7.44. The second-order valence-electron chi connectivity index (χ2n) is 5.18. The minimum Gasteiger partial charge on any atom is -0.459 e. The number of benzene rings is 2. The number of rotatable bonds is 4. The molecular formula is C18H17NO3S. The number of carbonyl (C=O) groups excluding carboxylic acids is 2. The molecule has 1 fully saturated rings. The van der Waals surface area contributed by atoms with Gasteiger partial charge >= 0.3 is 5.97 Å². The van der Waals surface area contributed by atoms with Gasteiger partial charge in [0.05, 0.1) is 0 Å². The van der Waals surface area contributed by atoms with Gasteiger partial charge in [-0.3, -0.25) is 4.79 Å². The molecule has 0 radical (unpaired) electrons. The monoisotopic (exact) mass is 327 g/mol. The molecule has 118 valence electrons. The highest BCUT2D eigenvalue weighted by Gasteiger charge is 2.36. The van der Waals surface area contributed by atoms with Gasteiger partial charge in [-0.1, -0.05) is 48.5 Å². The zero-order valence-electron chi connectivity index (χ0n) is 12.6. The van der Waals surface area contributed by atoms with Crippen molar-refractivity contribution in [3.8, 4) is 0 Å². The van der Waals surface area contributed by atoms with Crippen molar-refractivity contribution in [1.82, 2.24) is 4.90 Å². The molecule has 1 unspecified atom stereocenters. The van der Waals surface area contributed by atoms with Crippen LogP contribution in [0.4, 0.5) is 0 Å². The highest BCUT2D eigenvalue weighted by atomic mass is 32.2. The van der Waals surface area contributed by atoms with Crippen LogP contribution in [-0.4, -0.2) is 34.4 Å². The summed E-state index contributed by atoms with van der Waals surface area (Å²) in [7, 11) is 0. The van der Waals surface area contributed by atoms with Crippen LogP contribution in [0.3, 0.4) is 0 Å². The summed E-state index contributed by atoms with van der Waals surface area (Å²) in [4.78, 5) is 26.5. The number of thioether (sulfide) groups is 1. The Morgan fingerprint density at radius 1 is 1.04 bits per heavy atom. The Hall–Kier alpha value is -2.27. The summed E-state index contributed by atoms with van der Waals surface area (Å²) in [6, 6.07) is 18.6. The summed E-state index contributed by atoms with van der Waals surface area (Å²) in [5.41, 5.74) is 1.53. The Bertz CT molecular complexity index is 675. The second-order valence-corrected chi connectivity index (χ2v) is 6.37. The molecule has 23 heavy (non-hydrogen) atoms. The van der Waals surface area contributed by atoms with E-state index in [0.29, 0.717) is 12.1 Å². The van der Waals surface area contributed by atoms with Gasteiger partial charge in [0.1, 0.15) is 6.61 Å². The van der Waals surface area contributed by atoms with Crippen molar-refractivity contribution in [1.29, 1.82) is 0 Å². The van der Waals surface area contributed by atoms with E-state index in [9.17, 15) is 9.59 Å². The number of nitrogens with zero attached hydrogens (tertiary/aromatic N) is 1.